The van der Waals surface area contributed by atoms with Crippen LogP contribution < -0.4 is 9.88 Å². The number of primary sulfonamides is 1. The van der Waals surface area contributed by atoms with Crippen molar-refractivity contribution in [2.45, 2.75) is 25.7 Å². The summed E-state index contributed by atoms with van der Waals surface area (Å²) >= 11 is 0. The summed E-state index contributed by atoms with van der Waals surface area (Å²) in [5.74, 6) is 0.941. The third kappa shape index (κ3) is 5.73. The van der Waals surface area contributed by atoms with Gasteiger partial charge in [0.05, 0.1) is 12.4 Å². The Labute approximate surface area is 126 Å². The lowest BCUT2D eigenvalue weighted by molar-refractivity contribution is 0.305. The minimum absolute atomic E-state index is 0.0680. The third-order valence-corrected chi connectivity index (χ3v) is 4.17. The molecular weight excluding hydrogens is 286 g/mol. The molecule has 0 saturated carbocycles. The molecule has 0 aliphatic heterocycles. The summed E-state index contributed by atoms with van der Waals surface area (Å²) in [6, 6.07) is 14.2. The molecular formula is C16H21NO3S. The zero-order valence-electron chi connectivity index (χ0n) is 12.0. The molecule has 0 bridgehead atoms. The second-order valence-electron chi connectivity index (χ2n) is 5.14. The van der Waals surface area contributed by atoms with Gasteiger partial charge in [-0.2, -0.15) is 0 Å². The van der Waals surface area contributed by atoms with E-state index in [-0.39, 0.29) is 5.75 Å². The minimum Gasteiger partial charge on any atom is -0.494 e. The Morgan fingerprint density at radius 1 is 0.905 bits per heavy atom. The molecule has 0 aliphatic rings. The number of nitrogens with two attached hydrogens (primary N) is 1. The monoisotopic (exact) mass is 307 g/mol. The summed E-state index contributed by atoms with van der Waals surface area (Å²) in [4.78, 5) is 0. The van der Waals surface area contributed by atoms with Crippen LogP contribution in [0.4, 0.5) is 0 Å². The fourth-order valence-corrected chi connectivity index (χ4v) is 2.81. The lowest BCUT2D eigenvalue weighted by Gasteiger charge is -2.07. The van der Waals surface area contributed by atoms with Crippen LogP contribution in [0.3, 0.4) is 0 Å². The van der Waals surface area contributed by atoms with Crippen molar-refractivity contribution in [1.29, 1.82) is 0 Å². The molecule has 2 N–H and O–H groups in total. The van der Waals surface area contributed by atoms with E-state index in [9.17, 15) is 8.42 Å². The Morgan fingerprint density at radius 2 is 1.62 bits per heavy atom. The van der Waals surface area contributed by atoms with Crippen molar-refractivity contribution in [3.63, 3.8) is 0 Å². The van der Waals surface area contributed by atoms with Gasteiger partial charge < -0.3 is 4.74 Å². The molecule has 0 aromatic heterocycles. The molecule has 0 fully saturated rings. The largest absolute Gasteiger partial charge is 0.494 e. The van der Waals surface area contributed by atoms with E-state index in [0.717, 1.165) is 25.0 Å². The predicted molar refractivity (Wildman–Crippen MR) is 85.9 cm³/mol. The molecule has 0 amide bonds. The van der Waals surface area contributed by atoms with E-state index in [2.05, 4.69) is 18.2 Å². The van der Waals surface area contributed by atoms with Crippen LogP contribution >= 0.6 is 0 Å². The first-order chi connectivity index (χ1) is 10.0. The molecule has 0 aliphatic carbocycles. The molecule has 2 aromatic carbocycles. The number of hydrogen-bond acceptors (Lipinski definition) is 3. The van der Waals surface area contributed by atoms with Gasteiger partial charge in [0, 0.05) is 0 Å². The zero-order chi connectivity index (χ0) is 15.1. The van der Waals surface area contributed by atoms with Crippen LogP contribution in [0, 0.1) is 0 Å². The van der Waals surface area contributed by atoms with Gasteiger partial charge in [0.2, 0.25) is 10.0 Å². The highest BCUT2D eigenvalue weighted by atomic mass is 32.2. The van der Waals surface area contributed by atoms with Gasteiger partial charge in [-0.25, -0.2) is 13.6 Å². The summed E-state index contributed by atoms with van der Waals surface area (Å²) in [6.45, 7) is 0.647. The average Bonchev–Trinajstić information content (AvgIpc) is 2.45. The maximum atomic E-state index is 10.8. The highest BCUT2D eigenvalue weighted by Gasteiger charge is 2.01. The van der Waals surface area contributed by atoms with Gasteiger partial charge in [-0.1, -0.05) is 43.2 Å². The highest BCUT2D eigenvalue weighted by molar-refractivity contribution is 7.89. The van der Waals surface area contributed by atoms with Crippen LogP contribution in [-0.4, -0.2) is 20.8 Å². The number of unbranched alkanes of at least 4 members (excludes halogenated alkanes) is 3. The van der Waals surface area contributed by atoms with Crippen LogP contribution in [-0.2, 0) is 10.0 Å². The van der Waals surface area contributed by atoms with E-state index in [1.807, 2.05) is 24.3 Å². The number of benzene rings is 2. The molecule has 0 saturated heterocycles. The maximum Gasteiger partial charge on any atom is 0.209 e. The molecule has 0 spiro atoms. The van der Waals surface area contributed by atoms with Gasteiger partial charge >= 0.3 is 0 Å². The topological polar surface area (TPSA) is 69.4 Å². The van der Waals surface area contributed by atoms with E-state index >= 15 is 0 Å². The Kier molecular flexibility index (Phi) is 5.59. The molecule has 0 unspecified atom stereocenters. The first kappa shape index (κ1) is 15.8. The summed E-state index contributed by atoms with van der Waals surface area (Å²) < 4.78 is 27.2. The van der Waals surface area contributed by atoms with Gasteiger partial charge in [0.1, 0.15) is 5.75 Å². The van der Waals surface area contributed by atoms with Crippen LogP contribution in [0.25, 0.3) is 10.8 Å². The first-order valence-corrected chi connectivity index (χ1v) is 8.88. The second kappa shape index (κ2) is 7.43. The number of fused-ring (bicyclic) bond motifs is 1. The standard InChI is InChI=1S/C16H21NO3S/c17-21(18,19)12-6-2-1-5-11-20-16-10-9-14-7-3-4-8-15(14)13-16/h3-4,7-10,13H,1-2,5-6,11-12H2,(H2,17,18,19). The summed E-state index contributed by atoms with van der Waals surface area (Å²) in [7, 11) is -3.31. The minimum atomic E-state index is -3.31. The maximum absolute atomic E-state index is 10.8. The highest BCUT2D eigenvalue weighted by Crippen LogP contribution is 2.20. The van der Waals surface area contributed by atoms with Crippen LogP contribution in [0.1, 0.15) is 25.7 Å². The first-order valence-electron chi connectivity index (χ1n) is 7.17. The number of ether oxygens (including phenoxy) is 1. The van der Waals surface area contributed by atoms with Gasteiger partial charge in [0.25, 0.3) is 0 Å². The van der Waals surface area contributed by atoms with E-state index in [1.165, 1.54) is 10.8 Å². The van der Waals surface area contributed by atoms with E-state index in [4.69, 9.17) is 9.88 Å². The normalized spacial score (nSPS) is 11.7. The van der Waals surface area contributed by atoms with Crippen molar-refractivity contribution < 1.29 is 13.2 Å². The zero-order valence-corrected chi connectivity index (χ0v) is 12.8. The van der Waals surface area contributed by atoms with Crippen molar-refractivity contribution in [3.8, 4) is 5.75 Å². The number of rotatable bonds is 8. The smallest absolute Gasteiger partial charge is 0.209 e. The van der Waals surface area contributed by atoms with Crippen LogP contribution in [0.2, 0.25) is 0 Å². The molecule has 0 atom stereocenters. The SMILES string of the molecule is NS(=O)(=O)CCCCCCOc1ccc2ccccc2c1. The molecule has 5 heteroatoms. The molecule has 4 nitrogen and oxygen atoms in total. The van der Waals surface area contributed by atoms with Crippen molar-refractivity contribution in [3.05, 3.63) is 42.5 Å². The summed E-state index contributed by atoms with van der Waals surface area (Å²) in [5.41, 5.74) is 0. The molecule has 2 rings (SSSR count). The van der Waals surface area contributed by atoms with Crippen molar-refractivity contribution >= 4 is 20.8 Å². The van der Waals surface area contributed by atoms with Crippen LogP contribution in [0.15, 0.2) is 42.5 Å². The Hall–Kier alpha value is -1.59. The lowest BCUT2D eigenvalue weighted by Crippen LogP contribution is -2.16. The number of sulfonamides is 1. The molecule has 21 heavy (non-hydrogen) atoms. The molecule has 0 heterocycles. The molecule has 114 valence electrons. The van der Waals surface area contributed by atoms with Gasteiger partial charge in [0.15, 0.2) is 0 Å². The molecule has 0 radical (unpaired) electrons. The lowest BCUT2D eigenvalue weighted by atomic mass is 10.1. The average molecular weight is 307 g/mol. The summed E-state index contributed by atoms with van der Waals surface area (Å²) in [5, 5.41) is 7.32. The van der Waals surface area contributed by atoms with Crippen LogP contribution in [0.5, 0.6) is 5.75 Å². The third-order valence-electron chi connectivity index (χ3n) is 3.31. The Bertz CT molecular complexity index is 683. The fraction of sp³-hybridized carbons (Fsp3) is 0.375. The molecule has 2 aromatic rings. The van der Waals surface area contributed by atoms with Gasteiger partial charge in [-0.15, -0.1) is 0 Å². The number of hydrogen-bond donors (Lipinski definition) is 1. The predicted octanol–water partition coefficient (Wildman–Crippen LogP) is 3.07. The van der Waals surface area contributed by atoms with E-state index in [0.29, 0.717) is 13.0 Å². The van der Waals surface area contributed by atoms with E-state index in [1.54, 1.807) is 0 Å². The van der Waals surface area contributed by atoms with Gasteiger partial charge in [-0.05, 0) is 35.7 Å². The quantitative estimate of drug-likeness (QED) is 0.762. The second-order valence-corrected chi connectivity index (χ2v) is 6.87. The van der Waals surface area contributed by atoms with Crippen molar-refractivity contribution in [2.75, 3.05) is 12.4 Å². The Balaban J connectivity index is 1.68. The summed E-state index contributed by atoms with van der Waals surface area (Å²) in [6.07, 6.45) is 3.34. The van der Waals surface area contributed by atoms with Crippen molar-refractivity contribution in [1.82, 2.24) is 0 Å². The van der Waals surface area contributed by atoms with E-state index < -0.39 is 10.0 Å². The van der Waals surface area contributed by atoms with Gasteiger partial charge in [-0.3, -0.25) is 0 Å². The Morgan fingerprint density at radius 3 is 2.38 bits per heavy atom. The van der Waals surface area contributed by atoms with Crippen molar-refractivity contribution in [2.24, 2.45) is 5.14 Å². The fourth-order valence-electron chi connectivity index (χ4n) is 2.21.